The van der Waals surface area contributed by atoms with Crippen LogP contribution in [-0.2, 0) is 6.42 Å². The molecule has 3 heterocycles. The molecule has 0 saturated carbocycles. The number of H-pyrrole nitrogens is 1. The molecular weight excluding hydrogens is 370 g/mol. The quantitative estimate of drug-likeness (QED) is 0.459. The van der Waals surface area contributed by atoms with E-state index in [2.05, 4.69) is 20.4 Å². The Morgan fingerprint density at radius 1 is 1.24 bits per heavy atom. The number of hydrogen-bond acceptors (Lipinski definition) is 5. The number of anilines is 1. The number of nitrogens with zero attached hydrogens (tertiary/aromatic N) is 3. The fraction of sp³-hybridized carbons (Fsp3) is 0.143. The van der Waals surface area contributed by atoms with Crippen molar-refractivity contribution in [2.45, 2.75) is 6.42 Å². The van der Waals surface area contributed by atoms with Crippen LogP contribution in [-0.4, -0.2) is 46.8 Å². The lowest BCUT2D eigenvalue weighted by Gasteiger charge is -2.12. The summed E-state index contributed by atoms with van der Waals surface area (Å²) < 4.78 is 0. The van der Waals surface area contributed by atoms with Crippen LogP contribution in [0.1, 0.15) is 32.1 Å². The Bertz CT molecular complexity index is 1100. The highest BCUT2D eigenvalue weighted by Crippen LogP contribution is 2.24. The van der Waals surface area contributed by atoms with E-state index in [-0.39, 0.29) is 11.5 Å². The molecule has 0 aliphatic carbocycles. The average Bonchev–Trinajstić information content (AvgIpc) is 3.18. The third kappa shape index (κ3) is 3.86. The van der Waals surface area contributed by atoms with Crippen LogP contribution >= 0.6 is 0 Å². The topological polar surface area (TPSA) is 111 Å². The summed E-state index contributed by atoms with van der Waals surface area (Å²) in [5.41, 5.74) is 5.05. The summed E-state index contributed by atoms with van der Waals surface area (Å²) in [7, 11) is 1.77. The van der Waals surface area contributed by atoms with E-state index >= 15 is 0 Å². The van der Waals surface area contributed by atoms with Crippen molar-refractivity contribution in [1.29, 1.82) is 0 Å². The second-order valence-electron chi connectivity index (χ2n) is 6.67. The summed E-state index contributed by atoms with van der Waals surface area (Å²) in [5.74, 6) is -1.02. The molecule has 2 aromatic heterocycles. The Morgan fingerprint density at radius 3 is 2.76 bits per heavy atom. The van der Waals surface area contributed by atoms with Gasteiger partial charge in [-0.3, -0.25) is 14.8 Å². The largest absolute Gasteiger partial charge is 0.478 e. The number of hydrazone groups is 1. The van der Waals surface area contributed by atoms with Crippen LogP contribution in [0.3, 0.4) is 0 Å². The molecule has 0 spiro atoms. The highest BCUT2D eigenvalue weighted by molar-refractivity contribution is 5.98. The SMILES string of the molecule is CN(/N=C\c1cc(-c2cc3c([nH]2)CCNC3=O)ccn1)c1ccc(C(=O)O)cc1. The number of hydrogen-bond donors (Lipinski definition) is 3. The lowest BCUT2D eigenvalue weighted by atomic mass is 10.1. The van der Waals surface area contributed by atoms with Gasteiger partial charge in [0.15, 0.2) is 0 Å². The lowest BCUT2D eigenvalue weighted by molar-refractivity contribution is 0.0696. The molecule has 3 aromatic rings. The number of aromatic nitrogens is 2. The molecule has 8 heteroatoms. The van der Waals surface area contributed by atoms with Crippen LogP contribution in [0.2, 0.25) is 0 Å². The number of carboxylic acid groups (broad SMARTS) is 1. The Hall–Kier alpha value is -3.94. The minimum Gasteiger partial charge on any atom is -0.478 e. The van der Waals surface area contributed by atoms with Gasteiger partial charge in [-0.15, -0.1) is 0 Å². The van der Waals surface area contributed by atoms with Gasteiger partial charge in [0.2, 0.25) is 0 Å². The predicted octanol–water partition coefficient (Wildman–Crippen LogP) is 2.53. The molecule has 0 atom stereocenters. The van der Waals surface area contributed by atoms with E-state index in [9.17, 15) is 9.59 Å². The van der Waals surface area contributed by atoms with E-state index in [1.807, 2.05) is 18.2 Å². The fourth-order valence-electron chi connectivity index (χ4n) is 3.17. The Balaban J connectivity index is 1.53. The molecule has 0 bridgehead atoms. The normalized spacial score (nSPS) is 13.2. The molecule has 0 saturated heterocycles. The molecule has 1 aliphatic rings. The molecule has 29 heavy (non-hydrogen) atoms. The maximum Gasteiger partial charge on any atom is 0.335 e. The number of nitrogens with one attached hydrogen (secondary N) is 2. The number of carbonyl (C=O) groups is 2. The van der Waals surface area contributed by atoms with E-state index in [0.29, 0.717) is 17.8 Å². The van der Waals surface area contributed by atoms with Gasteiger partial charge in [0.1, 0.15) is 0 Å². The van der Waals surface area contributed by atoms with Crippen molar-refractivity contribution in [2.24, 2.45) is 5.10 Å². The highest BCUT2D eigenvalue weighted by Gasteiger charge is 2.19. The second-order valence-corrected chi connectivity index (χ2v) is 6.67. The Kier molecular flexibility index (Phi) is 4.82. The minimum atomic E-state index is -0.966. The van der Waals surface area contributed by atoms with Crippen LogP contribution < -0.4 is 10.3 Å². The molecule has 146 valence electrons. The molecule has 1 aromatic carbocycles. The maximum absolute atomic E-state index is 12.0. The number of amides is 1. The fourth-order valence-corrected chi connectivity index (χ4v) is 3.17. The summed E-state index contributed by atoms with van der Waals surface area (Å²) in [6, 6.07) is 12.1. The summed E-state index contributed by atoms with van der Waals surface area (Å²) in [4.78, 5) is 30.6. The first kappa shape index (κ1) is 18.4. The van der Waals surface area contributed by atoms with Crippen LogP contribution in [0.25, 0.3) is 11.3 Å². The van der Waals surface area contributed by atoms with Gasteiger partial charge in [0.25, 0.3) is 5.91 Å². The first-order valence-corrected chi connectivity index (χ1v) is 9.09. The standard InChI is InChI=1S/C21H19N5O3/c1-26(16-4-2-13(3-5-16)21(28)29)24-12-15-10-14(6-8-22-15)19-11-17-18(25-19)7-9-23-20(17)27/h2-6,8,10-12,25H,7,9H2,1H3,(H,23,27)(H,28,29)/b24-12-. The first-order chi connectivity index (χ1) is 14.0. The van der Waals surface area contributed by atoms with Gasteiger partial charge in [-0.1, -0.05) is 0 Å². The van der Waals surface area contributed by atoms with Crippen molar-refractivity contribution in [1.82, 2.24) is 15.3 Å². The van der Waals surface area contributed by atoms with Crippen LogP contribution in [0.15, 0.2) is 53.8 Å². The Labute approximate surface area is 166 Å². The van der Waals surface area contributed by atoms with Crippen molar-refractivity contribution in [3.63, 3.8) is 0 Å². The number of fused-ring (bicyclic) bond motifs is 1. The summed E-state index contributed by atoms with van der Waals surface area (Å²) in [6.45, 7) is 0.639. The van der Waals surface area contributed by atoms with Crippen molar-refractivity contribution < 1.29 is 14.7 Å². The summed E-state index contributed by atoms with van der Waals surface area (Å²) >= 11 is 0. The minimum absolute atomic E-state index is 0.0554. The molecule has 8 nitrogen and oxygen atoms in total. The van der Waals surface area contributed by atoms with Gasteiger partial charge in [-0.25, -0.2) is 4.79 Å². The number of aromatic carboxylic acids is 1. The zero-order valence-corrected chi connectivity index (χ0v) is 15.7. The van der Waals surface area contributed by atoms with E-state index in [1.54, 1.807) is 36.6 Å². The third-order valence-electron chi connectivity index (χ3n) is 4.75. The van der Waals surface area contributed by atoms with Gasteiger partial charge >= 0.3 is 5.97 Å². The zero-order valence-electron chi connectivity index (χ0n) is 15.7. The molecule has 0 unspecified atom stereocenters. The Morgan fingerprint density at radius 2 is 2.03 bits per heavy atom. The number of benzene rings is 1. The molecular formula is C21H19N5O3. The number of carbonyl (C=O) groups excluding carboxylic acids is 1. The van der Waals surface area contributed by atoms with E-state index < -0.39 is 5.97 Å². The van der Waals surface area contributed by atoms with Gasteiger partial charge < -0.3 is 15.4 Å². The highest BCUT2D eigenvalue weighted by atomic mass is 16.4. The van der Waals surface area contributed by atoms with Crippen molar-refractivity contribution in [2.75, 3.05) is 18.6 Å². The molecule has 4 rings (SSSR count). The van der Waals surface area contributed by atoms with Crippen LogP contribution in [0, 0.1) is 0 Å². The number of pyridine rings is 1. The van der Waals surface area contributed by atoms with Gasteiger partial charge in [-0.05, 0) is 42.5 Å². The second kappa shape index (κ2) is 7.59. The number of rotatable bonds is 5. The van der Waals surface area contributed by atoms with Crippen LogP contribution in [0.5, 0.6) is 0 Å². The molecule has 0 radical (unpaired) electrons. The molecule has 1 amide bonds. The van der Waals surface area contributed by atoms with Crippen molar-refractivity contribution >= 4 is 23.8 Å². The maximum atomic E-state index is 12.0. The van der Waals surface area contributed by atoms with Crippen molar-refractivity contribution in [3.05, 3.63) is 71.2 Å². The van der Waals surface area contributed by atoms with Gasteiger partial charge in [0.05, 0.1) is 28.7 Å². The first-order valence-electron chi connectivity index (χ1n) is 9.09. The third-order valence-corrected chi connectivity index (χ3v) is 4.75. The molecule has 1 aliphatic heterocycles. The summed E-state index contributed by atoms with van der Waals surface area (Å²) in [5, 5.41) is 17.8. The number of aromatic amines is 1. The summed E-state index contributed by atoms with van der Waals surface area (Å²) in [6.07, 6.45) is 4.11. The van der Waals surface area contributed by atoms with E-state index in [4.69, 9.17) is 5.11 Å². The zero-order chi connectivity index (χ0) is 20.4. The van der Waals surface area contributed by atoms with Crippen LogP contribution in [0.4, 0.5) is 5.69 Å². The average molecular weight is 389 g/mol. The predicted molar refractivity (Wildman–Crippen MR) is 109 cm³/mol. The monoisotopic (exact) mass is 389 g/mol. The van der Waals surface area contributed by atoms with Gasteiger partial charge in [-0.2, -0.15) is 5.10 Å². The lowest BCUT2D eigenvalue weighted by Crippen LogP contribution is -2.31. The molecule has 3 N–H and O–H groups in total. The molecule has 0 fully saturated rings. The smallest absolute Gasteiger partial charge is 0.335 e. The van der Waals surface area contributed by atoms with E-state index in [0.717, 1.165) is 29.1 Å². The van der Waals surface area contributed by atoms with E-state index in [1.165, 1.54) is 12.1 Å². The van der Waals surface area contributed by atoms with Crippen molar-refractivity contribution in [3.8, 4) is 11.3 Å². The van der Waals surface area contributed by atoms with Gasteiger partial charge in [0, 0.05) is 43.2 Å². The number of carboxylic acids is 1.